The lowest BCUT2D eigenvalue weighted by atomic mass is 10.1. The molecule has 0 atom stereocenters. The van der Waals surface area contributed by atoms with Crippen molar-refractivity contribution < 1.29 is 9.90 Å². The number of carboxylic acids is 1. The molecule has 92 valence electrons. The van der Waals surface area contributed by atoms with Crippen LogP contribution in [0.5, 0.6) is 0 Å². The van der Waals surface area contributed by atoms with E-state index in [0.717, 1.165) is 24.9 Å². The Bertz CT molecular complexity index is 333. The number of hydrogen-bond donors (Lipinski definition) is 2. The highest BCUT2D eigenvalue weighted by atomic mass is 16.4. The van der Waals surface area contributed by atoms with Gasteiger partial charge in [-0.2, -0.15) is 0 Å². The van der Waals surface area contributed by atoms with Crippen molar-refractivity contribution in [3.05, 3.63) is 41.9 Å². The van der Waals surface area contributed by atoms with E-state index in [2.05, 4.69) is 24.0 Å². The Labute approximate surface area is 103 Å². The SMILES string of the molecule is CC[C]NCCc1ccc(CCC(=O)O)cc1. The van der Waals surface area contributed by atoms with Crippen LogP contribution < -0.4 is 5.32 Å². The maximum atomic E-state index is 10.4. The van der Waals surface area contributed by atoms with Crippen molar-refractivity contribution in [3.8, 4) is 0 Å². The fourth-order valence-electron chi connectivity index (χ4n) is 1.54. The molecule has 0 saturated carbocycles. The minimum Gasteiger partial charge on any atom is -0.481 e. The van der Waals surface area contributed by atoms with E-state index >= 15 is 0 Å². The molecule has 2 N–H and O–H groups in total. The number of carbonyl (C=O) groups is 1. The average molecular weight is 233 g/mol. The highest BCUT2D eigenvalue weighted by Crippen LogP contribution is 2.07. The van der Waals surface area contributed by atoms with Gasteiger partial charge in [-0.05, 0) is 36.9 Å². The van der Waals surface area contributed by atoms with Crippen LogP contribution >= 0.6 is 0 Å². The lowest BCUT2D eigenvalue weighted by molar-refractivity contribution is -0.136. The molecule has 3 nitrogen and oxygen atoms in total. The second-order valence-electron chi connectivity index (χ2n) is 3.92. The summed E-state index contributed by atoms with van der Waals surface area (Å²) in [4.78, 5) is 10.4. The summed E-state index contributed by atoms with van der Waals surface area (Å²) in [6.45, 7) is 5.98. The van der Waals surface area contributed by atoms with Crippen LogP contribution in [-0.2, 0) is 17.6 Å². The van der Waals surface area contributed by atoms with Crippen molar-refractivity contribution in [2.24, 2.45) is 0 Å². The summed E-state index contributed by atoms with van der Waals surface area (Å²) in [5.41, 5.74) is 2.34. The van der Waals surface area contributed by atoms with Gasteiger partial charge in [-0.15, -0.1) is 0 Å². The maximum absolute atomic E-state index is 10.4. The van der Waals surface area contributed by atoms with Gasteiger partial charge < -0.3 is 10.4 Å². The largest absolute Gasteiger partial charge is 0.481 e. The van der Waals surface area contributed by atoms with E-state index in [-0.39, 0.29) is 6.42 Å². The minimum absolute atomic E-state index is 0.196. The number of aliphatic carboxylic acids is 1. The molecule has 0 aromatic heterocycles. The number of aryl methyl sites for hydroxylation is 1. The molecule has 0 aliphatic rings. The lowest BCUT2D eigenvalue weighted by Crippen LogP contribution is -2.13. The van der Waals surface area contributed by atoms with Crippen molar-refractivity contribution in [1.82, 2.24) is 5.32 Å². The summed E-state index contributed by atoms with van der Waals surface area (Å²) in [5, 5.41) is 11.7. The molecule has 0 unspecified atom stereocenters. The van der Waals surface area contributed by atoms with Gasteiger partial charge in [0.25, 0.3) is 0 Å². The first-order valence-electron chi connectivity index (χ1n) is 5.97. The van der Waals surface area contributed by atoms with Gasteiger partial charge in [0.15, 0.2) is 0 Å². The molecule has 0 bridgehead atoms. The predicted molar refractivity (Wildman–Crippen MR) is 67.6 cm³/mol. The molecule has 3 heteroatoms. The molecule has 0 amide bonds. The van der Waals surface area contributed by atoms with Crippen LogP contribution in [0.1, 0.15) is 30.9 Å². The standard InChI is InChI=1S/C14H19NO2/c1-2-10-15-11-9-13-5-3-12(4-6-13)7-8-14(16)17/h3-6,15H,2,7-9,11H2,1H3,(H,16,17). The average Bonchev–Trinajstić information content (AvgIpc) is 2.33. The molecule has 0 saturated heterocycles. The Morgan fingerprint density at radius 1 is 1.24 bits per heavy atom. The van der Waals surface area contributed by atoms with Crippen LogP contribution in [0.25, 0.3) is 0 Å². The van der Waals surface area contributed by atoms with Gasteiger partial charge in [0, 0.05) is 6.42 Å². The third-order valence-corrected chi connectivity index (χ3v) is 2.49. The quantitative estimate of drug-likeness (QED) is 0.535. The summed E-state index contributed by atoms with van der Waals surface area (Å²) in [5.74, 6) is -0.746. The van der Waals surface area contributed by atoms with Crippen LogP contribution in [-0.4, -0.2) is 17.6 Å². The third kappa shape index (κ3) is 6.07. The fraction of sp³-hybridized carbons (Fsp3) is 0.429. The predicted octanol–water partition coefficient (Wildman–Crippen LogP) is 2.28. The second kappa shape index (κ2) is 7.85. The van der Waals surface area contributed by atoms with Crippen LogP contribution in [0.2, 0.25) is 0 Å². The number of carboxylic acid groups (broad SMARTS) is 1. The van der Waals surface area contributed by atoms with Crippen LogP contribution in [0.3, 0.4) is 0 Å². The van der Waals surface area contributed by atoms with Gasteiger partial charge in [-0.1, -0.05) is 31.2 Å². The van der Waals surface area contributed by atoms with E-state index in [0.29, 0.717) is 6.42 Å². The molecule has 0 spiro atoms. The first-order chi connectivity index (χ1) is 8.22. The van der Waals surface area contributed by atoms with Crippen LogP contribution in [0.15, 0.2) is 24.3 Å². The van der Waals surface area contributed by atoms with Crippen molar-refractivity contribution >= 4 is 5.97 Å². The van der Waals surface area contributed by atoms with Crippen molar-refractivity contribution in [2.75, 3.05) is 6.54 Å². The van der Waals surface area contributed by atoms with E-state index in [1.807, 2.05) is 19.1 Å². The Morgan fingerprint density at radius 3 is 2.35 bits per heavy atom. The first kappa shape index (κ1) is 13.7. The van der Waals surface area contributed by atoms with E-state index < -0.39 is 5.97 Å². The van der Waals surface area contributed by atoms with Gasteiger partial charge in [0.1, 0.15) is 0 Å². The fourth-order valence-corrected chi connectivity index (χ4v) is 1.54. The molecule has 0 fully saturated rings. The lowest BCUT2D eigenvalue weighted by Gasteiger charge is -2.04. The number of benzene rings is 1. The molecule has 17 heavy (non-hydrogen) atoms. The molecular formula is C14H19NO2. The van der Waals surface area contributed by atoms with Crippen molar-refractivity contribution in [1.29, 1.82) is 0 Å². The zero-order valence-corrected chi connectivity index (χ0v) is 10.2. The molecular weight excluding hydrogens is 214 g/mol. The molecule has 1 rings (SSSR count). The van der Waals surface area contributed by atoms with Gasteiger partial charge >= 0.3 is 5.97 Å². The van der Waals surface area contributed by atoms with Gasteiger partial charge in [-0.25, -0.2) is 0 Å². The first-order valence-corrected chi connectivity index (χ1v) is 5.97. The van der Waals surface area contributed by atoms with Crippen LogP contribution in [0, 0.1) is 6.54 Å². The van der Waals surface area contributed by atoms with Crippen molar-refractivity contribution in [3.63, 3.8) is 0 Å². The van der Waals surface area contributed by atoms with Gasteiger partial charge in [0.05, 0.1) is 6.54 Å². The zero-order valence-electron chi connectivity index (χ0n) is 10.2. The van der Waals surface area contributed by atoms with Crippen molar-refractivity contribution in [2.45, 2.75) is 32.6 Å². The second-order valence-corrected chi connectivity index (χ2v) is 3.92. The Morgan fingerprint density at radius 2 is 1.82 bits per heavy atom. The van der Waals surface area contributed by atoms with Gasteiger partial charge in [0.2, 0.25) is 0 Å². The number of nitrogens with one attached hydrogen (secondary N) is 1. The molecule has 2 radical (unpaired) electrons. The smallest absolute Gasteiger partial charge is 0.303 e. The summed E-state index contributed by atoms with van der Waals surface area (Å²) < 4.78 is 0. The minimum atomic E-state index is -0.746. The molecule has 1 aromatic carbocycles. The molecule has 0 aliphatic heterocycles. The van der Waals surface area contributed by atoms with Crippen LogP contribution in [0.4, 0.5) is 0 Å². The van der Waals surface area contributed by atoms with Gasteiger partial charge in [-0.3, -0.25) is 4.79 Å². The Kier molecular flexibility index (Phi) is 6.33. The van der Waals surface area contributed by atoms with E-state index in [1.54, 1.807) is 0 Å². The van der Waals surface area contributed by atoms with E-state index in [1.165, 1.54) is 5.56 Å². The Hall–Kier alpha value is -1.35. The summed E-state index contributed by atoms with van der Waals surface area (Å²) in [7, 11) is 0. The zero-order chi connectivity index (χ0) is 12.5. The maximum Gasteiger partial charge on any atom is 0.303 e. The van der Waals surface area contributed by atoms with E-state index in [9.17, 15) is 4.79 Å². The monoisotopic (exact) mass is 233 g/mol. The highest BCUT2D eigenvalue weighted by Gasteiger charge is 1.99. The third-order valence-electron chi connectivity index (χ3n) is 2.49. The normalized spacial score (nSPS) is 10.4. The summed E-state index contributed by atoms with van der Waals surface area (Å²) >= 11 is 0. The highest BCUT2D eigenvalue weighted by molar-refractivity contribution is 5.67. The molecule has 0 aliphatic carbocycles. The number of rotatable bonds is 8. The Balaban J connectivity index is 2.31. The topological polar surface area (TPSA) is 49.3 Å². The molecule has 0 heterocycles. The summed E-state index contributed by atoms with van der Waals surface area (Å²) in [6.07, 6.45) is 2.67. The van der Waals surface area contributed by atoms with E-state index in [4.69, 9.17) is 5.11 Å². The number of hydrogen-bond acceptors (Lipinski definition) is 2. The summed E-state index contributed by atoms with van der Waals surface area (Å²) in [6, 6.07) is 8.13. The molecule has 1 aromatic rings.